The lowest BCUT2D eigenvalue weighted by Crippen LogP contribution is -2.41. The lowest BCUT2D eigenvalue weighted by atomic mass is 10.0. The predicted molar refractivity (Wildman–Crippen MR) is 57.4 cm³/mol. The molecule has 0 unspecified atom stereocenters. The summed E-state index contributed by atoms with van der Waals surface area (Å²) in [6.45, 7) is -0.464. The summed E-state index contributed by atoms with van der Waals surface area (Å²) >= 11 is 0. The van der Waals surface area contributed by atoms with Crippen molar-refractivity contribution in [2.45, 2.75) is 43.5 Å². The zero-order valence-electron chi connectivity index (χ0n) is 8.92. The van der Waals surface area contributed by atoms with Gasteiger partial charge in [-0.05, 0) is 12.8 Å². The number of aliphatic hydroxyl groups is 1. The Kier molecular flexibility index (Phi) is 4.69. The second-order valence-corrected chi connectivity index (χ2v) is 6.05. The molecule has 0 amide bonds. The van der Waals surface area contributed by atoms with Crippen molar-refractivity contribution in [3.05, 3.63) is 0 Å². The highest BCUT2D eigenvalue weighted by Gasteiger charge is 2.28. The van der Waals surface area contributed by atoms with Crippen LogP contribution in [-0.2, 0) is 14.8 Å². The number of nitrogens with one attached hydrogen (secondary N) is 1. The molecule has 0 saturated heterocycles. The summed E-state index contributed by atoms with van der Waals surface area (Å²) in [7, 11) is -3.49. The zero-order valence-corrected chi connectivity index (χ0v) is 9.74. The van der Waals surface area contributed by atoms with Crippen LogP contribution >= 0.6 is 0 Å². The number of carboxylic acid groups (broad SMARTS) is 1. The van der Waals surface area contributed by atoms with Gasteiger partial charge in [0, 0.05) is 6.54 Å². The molecule has 0 aromatic carbocycles. The van der Waals surface area contributed by atoms with E-state index in [1.165, 1.54) is 0 Å². The first-order valence-electron chi connectivity index (χ1n) is 5.33. The zero-order chi connectivity index (χ0) is 12.2. The topological polar surface area (TPSA) is 104 Å². The molecule has 1 atom stereocenters. The van der Waals surface area contributed by atoms with E-state index < -0.39 is 33.9 Å². The third-order valence-corrected chi connectivity index (χ3v) is 4.67. The number of sulfonamides is 1. The van der Waals surface area contributed by atoms with Crippen LogP contribution in [0.2, 0.25) is 0 Å². The van der Waals surface area contributed by atoms with Gasteiger partial charge < -0.3 is 10.2 Å². The minimum atomic E-state index is -3.49. The van der Waals surface area contributed by atoms with E-state index in [-0.39, 0.29) is 0 Å². The smallest absolute Gasteiger partial charge is 0.333 e. The highest BCUT2D eigenvalue weighted by atomic mass is 32.2. The molecule has 0 aromatic heterocycles. The highest BCUT2D eigenvalue weighted by Crippen LogP contribution is 2.22. The van der Waals surface area contributed by atoms with Gasteiger partial charge in [-0.1, -0.05) is 19.3 Å². The summed E-state index contributed by atoms with van der Waals surface area (Å²) in [5.41, 5.74) is 0. The molecule has 0 bridgehead atoms. The van der Waals surface area contributed by atoms with Gasteiger partial charge in [0.05, 0.1) is 5.25 Å². The lowest BCUT2D eigenvalue weighted by Gasteiger charge is -2.22. The molecular formula is C9H17NO5S. The summed E-state index contributed by atoms with van der Waals surface area (Å²) in [6, 6.07) is 0. The maximum absolute atomic E-state index is 11.7. The summed E-state index contributed by atoms with van der Waals surface area (Å²) in [5, 5.41) is 16.9. The largest absolute Gasteiger partial charge is 0.479 e. The van der Waals surface area contributed by atoms with Crippen LogP contribution in [0.3, 0.4) is 0 Å². The van der Waals surface area contributed by atoms with Gasteiger partial charge in [-0.2, -0.15) is 0 Å². The summed E-state index contributed by atoms with van der Waals surface area (Å²) in [5.74, 6) is -1.42. The molecule has 94 valence electrons. The molecule has 16 heavy (non-hydrogen) atoms. The van der Waals surface area contributed by atoms with Gasteiger partial charge in [-0.15, -0.1) is 0 Å². The summed E-state index contributed by atoms with van der Waals surface area (Å²) in [6.07, 6.45) is 2.35. The Labute approximate surface area is 94.7 Å². The normalized spacial score (nSPS) is 20.6. The molecule has 1 fully saturated rings. The number of rotatable bonds is 5. The molecule has 0 spiro atoms. The van der Waals surface area contributed by atoms with Gasteiger partial charge in [-0.3, -0.25) is 0 Å². The molecule has 7 heteroatoms. The van der Waals surface area contributed by atoms with E-state index in [0.717, 1.165) is 19.3 Å². The van der Waals surface area contributed by atoms with Gasteiger partial charge in [0.15, 0.2) is 6.10 Å². The maximum Gasteiger partial charge on any atom is 0.333 e. The molecule has 0 radical (unpaired) electrons. The Morgan fingerprint density at radius 1 is 1.31 bits per heavy atom. The minimum Gasteiger partial charge on any atom is -0.479 e. The third-order valence-electron chi connectivity index (χ3n) is 2.75. The molecule has 1 saturated carbocycles. The molecule has 0 aliphatic heterocycles. The fourth-order valence-electron chi connectivity index (χ4n) is 1.78. The molecule has 6 nitrogen and oxygen atoms in total. The predicted octanol–water partition coefficient (Wildman–Crippen LogP) is -0.316. The Hall–Kier alpha value is -0.660. The summed E-state index contributed by atoms with van der Waals surface area (Å²) in [4.78, 5) is 10.3. The van der Waals surface area contributed by atoms with Gasteiger partial charge in [0.2, 0.25) is 10.0 Å². The van der Waals surface area contributed by atoms with Crippen molar-refractivity contribution < 1.29 is 23.4 Å². The van der Waals surface area contributed by atoms with Gasteiger partial charge >= 0.3 is 5.97 Å². The van der Waals surface area contributed by atoms with E-state index in [1.54, 1.807) is 0 Å². The molecule has 1 rings (SSSR count). The van der Waals surface area contributed by atoms with Gasteiger partial charge in [0.25, 0.3) is 0 Å². The molecule has 0 aromatic rings. The minimum absolute atomic E-state index is 0.442. The van der Waals surface area contributed by atoms with E-state index in [1.807, 2.05) is 0 Å². The molecular weight excluding hydrogens is 234 g/mol. The van der Waals surface area contributed by atoms with Crippen molar-refractivity contribution in [3.8, 4) is 0 Å². The van der Waals surface area contributed by atoms with Crippen LogP contribution in [0.25, 0.3) is 0 Å². The van der Waals surface area contributed by atoms with E-state index in [0.29, 0.717) is 12.8 Å². The Bertz CT molecular complexity index is 334. The molecule has 0 heterocycles. The first kappa shape index (κ1) is 13.4. The molecule has 1 aliphatic carbocycles. The second-order valence-electron chi connectivity index (χ2n) is 4.01. The fraction of sp³-hybridized carbons (Fsp3) is 0.889. The van der Waals surface area contributed by atoms with Gasteiger partial charge in [0.1, 0.15) is 0 Å². The number of carbonyl (C=O) groups is 1. The first-order valence-corrected chi connectivity index (χ1v) is 6.87. The van der Waals surface area contributed by atoms with Crippen molar-refractivity contribution in [1.29, 1.82) is 0 Å². The number of hydrogen-bond donors (Lipinski definition) is 3. The summed E-state index contributed by atoms with van der Waals surface area (Å²) < 4.78 is 25.5. The van der Waals surface area contributed by atoms with Gasteiger partial charge in [-0.25, -0.2) is 17.9 Å². The molecule has 1 aliphatic rings. The van der Waals surface area contributed by atoms with E-state index >= 15 is 0 Å². The average molecular weight is 251 g/mol. The van der Waals surface area contributed by atoms with Crippen LogP contribution in [0, 0.1) is 0 Å². The van der Waals surface area contributed by atoms with E-state index in [9.17, 15) is 13.2 Å². The first-order chi connectivity index (χ1) is 7.43. The van der Waals surface area contributed by atoms with Crippen molar-refractivity contribution in [1.82, 2.24) is 4.72 Å². The van der Waals surface area contributed by atoms with Crippen molar-refractivity contribution >= 4 is 16.0 Å². The Morgan fingerprint density at radius 2 is 1.88 bits per heavy atom. The van der Waals surface area contributed by atoms with Crippen molar-refractivity contribution in [3.63, 3.8) is 0 Å². The lowest BCUT2D eigenvalue weighted by molar-refractivity contribution is -0.146. The highest BCUT2D eigenvalue weighted by molar-refractivity contribution is 7.90. The van der Waals surface area contributed by atoms with Crippen molar-refractivity contribution in [2.24, 2.45) is 0 Å². The Morgan fingerprint density at radius 3 is 2.38 bits per heavy atom. The monoisotopic (exact) mass is 251 g/mol. The Balaban J connectivity index is 2.47. The molecule has 3 N–H and O–H groups in total. The quantitative estimate of drug-likeness (QED) is 0.621. The number of aliphatic carboxylic acids is 1. The third kappa shape index (κ3) is 3.73. The fourth-order valence-corrected chi connectivity index (χ4v) is 3.36. The average Bonchev–Trinajstić information content (AvgIpc) is 2.27. The van der Waals surface area contributed by atoms with Crippen LogP contribution in [0.4, 0.5) is 0 Å². The van der Waals surface area contributed by atoms with Crippen molar-refractivity contribution in [2.75, 3.05) is 6.54 Å². The van der Waals surface area contributed by atoms with Crippen LogP contribution in [0.15, 0.2) is 0 Å². The van der Waals surface area contributed by atoms with Crippen LogP contribution < -0.4 is 4.72 Å². The number of hydrogen-bond acceptors (Lipinski definition) is 4. The number of aliphatic hydroxyl groups excluding tert-OH is 1. The van der Waals surface area contributed by atoms with Crippen LogP contribution in [-0.4, -0.2) is 42.5 Å². The van der Waals surface area contributed by atoms with Crippen LogP contribution in [0.5, 0.6) is 0 Å². The van der Waals surface area contributed by atoms with E-state index in [2.05, 4.69) is 4.72 Å². The van der Waals surface area contributed by atoms with E-state index in [4.69, 9.17) is 10.2 Å². The maximum atomic E-state index is 11.7. The van der Waals surface area contributed by atoms with Crippen LogP contribution in [0.1, 0.15) is 32.1 Å². The number of carboxylic acids is 1. The SMILES string of the molecule is O=C(O)[C@@H](O)CNS(=O)(=O)C1CCCCC1. The second kappa shape index (κ2) is 5.60. The standard InChI is InChI=1S/C9H17NO5S/c11-8(9(12)13)6-10-16(14,15)7-4-2-1-3-5-7/h7-8,10-11H,1-6H2,(H,12,13)/t8-/m0/s1.